The van der Waals surface area contributed by atoms with Crippen molar-refractivity contribution >= 4 is 5.91 Å². The van der Waals surface area contributed by atoms with Crippen molar-refractivity contribution in [2.75, 3.05) is 13.1 Å². The molecular formula is C8H12F3NO. The third-order valence-electron chi connectivity index (χ3n) is 2.13. The highest BCUT2D eigenvalue weighted by Crippen LogP contribution is 2.30. The molecule has 0 aromatic carbocycles. The Hall–Kier alpha value is -0.740. The monoisotopic (exact) mass is 195 g/mol. The van der Waals surface area contributed by atoms with Crippen LogP contribution in [0.5, 0.6) is 0 Å². The second kappa shape index (κ2) is 3.55. The van der Waals surface area contributed by atoms with E-state index in [1.54, 1.807) is 6.92 Å². The van der Waals surface area contributed by atoms with E-state index in [4.69, 9.17) is 0 Å². The summed E-state index contributed by atoms with van der Waals surface area (Å²) in [4.78, 5) is 12.4. The van der Waals surface area contributed by atoms with Crippen molar-refractivity contribution in [3.63, 3.8) is 0 Å². The van der Waals surface area contributed by atoms with Gasteiger partial charge in [-0.2, -0.15) is 13.2 Å². The number of hydrogen-bond acceptors (Lipinski definition) is 1. The van der Waals surface area contributed by atoms with Crippen LogP contribution in [0.2, 0.25) is 0 Å². The van der Waals surface area contributed by atoms with Gasteiger partial charge < -0.3 is 4.90 Å². The van der Waals surface area contributed by atoms with Crippen LogP contribution in [0.25, 0.3) is 0 Å². The van der Waals surface area contributed by atoms with Crippen LogP contribution in [-0.4, -0.2) is 30.1 Å². The van der Waals surface area contributed by atoms with Crippen molar-refractivity contribution in [3.8, 4) is 0 Å². The highest BCUT2D eigenvalue weighted by Gasteiger charge is 2.38. The van der Waals surface area contributed by atoms with Crippen LogP contribution in [0.15, 0.2) is 0 Å². The van der Waals surface area contributed by atoms with Crippen LogP contribution >= 0.6 is 0 Å². The molecule has 0 aliphatic carbocycles. The zero-order valence-corrected chi connectivity index (χ0v) is 7.40. The van der Waals surface area contributed by atoms with E-state index in [0.29, 0.717) is 6.42 Å². The fourth-order valence-corrected chi connectivity index (χ4v) is 1.45. The Bertz CT molecular complexity index is 196. The number of carbonyl (C=O) groups is 1. The topological polar surface area (TPSA) is 20.3 Å². The Balaban J connectivity index is 2.22. The number of halogens is 3. The predicted molar refractivity (Wildman–Crippen MR) is 41.0 cm³/mol. The Morgan fingerprint density at radius 1 is 1.46 bits per heavy atom. The Morgan fingerprint density at radius 3 is 2.38 bits per heavy atom. The zero-order valence-electron chi connectivity index (χ0n) is 7.40. The summed E-state index contributed by atoms with van der Waals surface area (Å²) in [5.41, 5.74) is 0. The molecule has 1 aliphatic rings. The first-order valence-electron chi connectivity index (χ1n) is 4.27. The summed E-state index contributed by atoms with van der Waals surface area (Å²) in [7, 11) is 0. The average Bonchev–Trinajstić information content (AvgIpc) is 1.92. The standard InChI is InChI=1S/C8H12F3NO/c1-2-7(13)12-4-6(5-12)3-8(9,10)11/h6H,2-5H2,1H3. The van der Waals surface area contributed by atoms with Gasteiger partial charge in [-0.1, -0.05) is 6.92 Å². The van der Waals surface area contributed by atoms with Crippen LogP contribution in [0.4, 0.5) is 13.2 Å². The van der Waals surface area contributed by atoms with Gasteiger partial charge in [-0.05, 0) is 0 Å². The van der Waals surface area contributed by atoms with Gasteiger partial charge in [-0.25, -0.2) is 0 Å². The SMILES string of the molecule is CCC(=O)N1CC(CC(F)(F)F)C1. The van der Waals surface area contributed by atoms with Crippen LogP contribution < -0.4 is 0 Å². The number of rotatable bonds is 2. The van der Waals surface area contributed by atoms with E-state index in [1.807, 2.05) is 0 Å². The first kappa shape index (κ1) is 10.3. The smallest absolute Gasteiger partial charge is 0.342 e. The Morgan fingerprint density at radius 2 is 2.00 bits per heavy atom. The van der Waals surface area contributed by atoms with Crippen molar-refractivity contribution in [1.29, 1.82) is 0 Å². The maximum absolute atomic E-state index is 11.8. The van der Waals surface area contributed by atoms with Crippen molar-refractivity contribution in [2.24, 2.45) is 5.92 Å². The molecule has 1 saturated heterocycles. The normalized spacial score (nSPS) is 18.6. The van der Waals surface area contributed by atoms with E-state index < -0.39 is 12.6 Å². The van der Waals surface area contributed by atoms with Crippen molar-refractivity contribution in [2.45, 2.75) is 25.9 Å². The number of hydrogen-bond donors (Lipinski definition) is 0. The quantitative estimate of drug-likeness (QED) is 0.658. The number of alkyl halides is 3. The lowest BCUT2D eigenvalue weighted by atomic mass is 9.96. The fraction of sp³-hybridized carbons (Fsp3) is 0.875. The van der Waals surface area contributed by atoms with E-state index in [9.17, 15) is 18.0 Å². The van der Waals surface area contributed by atoms with Gasteiger partial charge in [0.2, 0.25) is 5.91 Å². The van der Waals surface area contributed by atoms with Crippen LogP contribution in [0, 0.1) is 5.92 Å². The molecule has 5 heteroatoms. The van der Waals surface area contributed by atoms with Gasteiger partial charge in [0, 0.05) is 31.8 Å². The summed E-state index contributed by atoms with van der Waals surface area (Å²) in [6.07, 6.45) is -4.48. The summed E-state index contributed by atoms with van der Waals surface area (Å²) in [5.74, 6) is -0.436. The first-order chi connectivity index (χ1) is 5.92. The summed E-state index contributed by atoms with van der Waals surface area (Å²) in [6, 6.07) is 0. The molecule has 13 heavy (non-hydrogen) atoms. The largest absolute Gasteiger partial charge is 0.389 e. The molecule has 0 aromatic rings. The Labute approximate surface area is 74.7 Å². The maximum Gasteiger partial charge on any atom is 0.389 e. The average molecular weight is 195 g/mol. The van der Waals surface area contributed by atoms with Crippen LogP contribution in [0.1, 0.15) is 19.8 Å². The van der Waals surface area contributed by atoms with Gasteiger partial charge in [0.25, 0.3) is 0 Å². The molecule has 1 aliphatic heterocycles. The molecule has 76 valence electrons. The second-order valence-electron chi connectivity index (χ2n) is 3.34. The summed E-state index contributed by atoms with van der Waals surface area (Å²) in [5, 5.41) is 0. The minimum Gasteiger partial charge on any atom is -0.342 e. The molecule has 1 amide bonds. The molecule has 0 aromatic heterocycles. The number of carbonyl (C=O) groups excluding carboxylic acids is 1. The lowest BCUT2D eigenvalue weighted by Gasteiger charge is -2.39. The second-order valence-corrected chi connectivity index (χ2v) is 3.34. The molecule has 0 saturated carbocycles. The predicted octanol–water partition coefficient (Wildman–Crippen LogP) is 1.81. The van der Waals surface area contributed by atoms with Gasteiger partial charge >= 0.3 is 6.18 Å². The van der Waals surface area contributed by atoms with E-state index in [2.05, 4.69) is 0 Å². The molecule has 1 rings (SSSR count). The van der Waals surface area contributed by atoms with E-state index in [1.165, 1.54) is 4.90 Å². The maximum atomic E-state index is 11.8. The van der Waals surface area contributed by atoms with Crippen molar-refractivity contribution in [3.05, 3.63) is 0 Å². The molecule has 0 unspecified atom stereocenters. The van der Waals surface area contributed by atoms with Crippen LogP contribution in [-0.2, 0) is 4.79 Å². The molecule has 0 bridgehead atoms. The highest BCUT2D eigenvalue weighted by molar-refractivity contribution is 5.76. The lowest BCUT2D eigenvalue weighted by molar-refractivity contribution is -0.163. The Kier molecular flexibility index (Phi) is 2.83. The molecule has 1 fully saturated rings. The minimum absolute atomic E-state index is 0.0570. The highest BCUT2D eigenvalue weighted by atomic mass is 19.4. The molecule has 0 N–H and O–H groups in total. The van der Waals surface area contributed by atoms with Gasteiger partial charge in [0.1, 0.15) is 0 Å². The van der Waals surface area contributed by atoms with E-state index in [-0.39, 0.29) is 24.9 Å². The van der Waals surface area contributed by atoms with E-state index >= 15 is 0 Å². The molecule has 0 radical (unpaired) electrons. The van der Waals surface area contributed by atoms with Gasteiger partial charge in [0.05, 0.1) is 0 Å². The van der Waals surface area contributed by atoms with Gasteiger partial charge in [-0.3, -0.25) is 4.79 Å². The summed E-state index contributed by atoms with van der Waals surface area (Å²) < 4.78 is 35.5. The summed E-state index contributed by atoms with van der Waals surface area (Å²) >= 11 is 0. The lowest BCUT2D eigenvalue weighted by Crippen LogP contribution is -2.50. The van der Waals surface area contributed by atoms with Gasteiger partial charge in [-0.15, -0.1) is 0 Å². The molecule has 0 spiro atoms. The molecule has 2 nitrogen and oxygen atoms in total. The molecular weight excluding hydrogens is 183 g/mol. The van der Waals surface area contributed by atoms with Gasteiger partial charge in [0.15, 0.2) is 0 Å². The number of nitrogens with zero attached hydrogens (tertiary/aromatic N) is 1. The van der Waals surface area contributed by atoms with Crippen molar-refractivity contribution < 1.29 is 18.0 Å². The number of likely N-dealkylation sites (tertiary alicyclic amines) is 1. The third kappa shape index (κ3) is 2.90. The summed E-state index contributed by atoms with van der Waals surface area (Å²) in [6.45, 7) is 2.25. The van der Waals surface area contributed by atoms with Crippen molar-refractivity contribution in [1.82, 2.24) is 4.90 Å². The molecule has 0 atom stereocenters. The van der Waals surface area contributed by atoms with Crippen LogP contribution in [0.3, 0.4) is 0 Å². The minimum atomic E-state index is -4.09. The first-order valence-corrected chi connectivity index (χ1v) is 4.27. The van der Waals surface area contributed by atoms with E-state index in [0.717, 1.165) is 0 Å². The third-order valence-corrected chi connectivity index (χ3v) is 2.13. The number of amides is 1. The molecule has 1 heterocycles. The fourth-order valence-electron chi connectivity index (χ4n) is 1.45. The zero-order chi connectivity index (χ0) is 10.1.